The zero-order valence-corrected chi connectivity index (χ0v) is 30.4. The van der Waals surface area contributed by atoms with E-state index < -0.39 is 91.8 Å². The lowest BCUT2D eigenvalue weighted by Crippen LogP contribution is -2.66. The number of esters is 4. The number of carbonyl (C=O) groups is 4. The van der Waals surface area contributed by atoms with Gasteiger partial charge in [-0.2, -0.15) is 0 Å². The number of benzene rings is 2. The number of hydrogen-bond donors (Lipinski definition) is 0. The van der Waals surface area contributed by atoms with Gasteiger partial charge in [-0.05, 0) is 16.7 Å². The first kappa shape index (κ1) is 41.9. The fourth-order valence-electron chi connectivity index (χ4n) is 5.95. The summed E-state index contributed by atoms with van der Waals surface area (Å²) in [6.45, 7) is 7.84. The summed E-state index contributed by atoms with van der Waals surface area (Å²) in [5, 5.41) is 3.99. The van der Waals surface area contributed by atoms with E-state index in [0.717, 1.165) is 38.8 Å². The van der Waals surface area contributed by atoms with Gasteiger partial charge in [-0.15, -0.1) is 6.58 Å². The van der Waals surface area contributed by atoms with Gasteiger partial charge in [-0.1, -0.05) is 71.9 Å². The van der Waals surface area contributed by atoms with Gasteiger partial charge in [0.25, 0.3) is 0 Å². The molecule has 2 aliphatic heterocycles. The second-order valence-corrected chi connectivity index (χ2v) is 12.3. The molecule has 0 bridgehead atoms. The lowest BCUT2D eigenvalue weighted by atomic mass is 9.95. The summed E-state index contributed by atoms with van der Waals surface area (Å²) < 4.78 is 59.7. The molecule has 0 N–H and O–H groups in total. The first-order valence-electron chi connectivity index (χ1n) is 17.2. The zero-order chi connectivity index (χ0) is 39.0. The summed E-state index contributed by atoms with van der Waals surface area (Å²) in [5.41, 5.74) is 11.3. The lowest BCUT2D eigenvalue weighted by molar-refractivity contribution is -0.352. The molecule has 292 valence electrons. The molecule has 2 aliphatic rings. The van der Waals surface area contributed by atoms with Crippen LogP contribution in [-0.2, 0) is 79.8 Å². The SMILES string of the molecule is C=CCO[C@H]1O[C@H](COCc2ccccc2)[C@@H](O[C@@H]2O[C@H](COC(C)=O)[C@@H](OC(C)=O)[C@H](OC(C)=O)[C@H]2OC(C)=O)[C@H](OCc2ccccc2)[C@H]1N=[N+]=[N-]. The smallest absolute Gasteiger partial charge is 0.303 e. The van der Waals surface area contributed by atoms with Gasteiger partial charge >= 0.3 is 23.9 Å². The normalized spacial score (nSPS) is 27.8. The Morgan fingerprint density at radius 3 is 1.83 bits per heavy atom. The number of rotatable bonds is 18. The molecule has 17 nitrogen and oxygen atoms in total. The Kier molecular flexibility index (Phi) is 16.4. The van der Waals surface area contributed by atoms with Crippen LogP contribution in [0.1, 0.15) is 38.8 Å². The predicted molar refractivity (Wildman–Crippen MR) is 186 cm³/mol. The van der Waals surface area contributed by atoms with Crippen LogP contribution in [0.3, 0.4) is 0 Å². The Balaban J connectivity index is 1.80. The molecular formula is C37H45N3O14. The molecular weight excluding hydrogens is 710 g/mol. The molecule has 2 heterocycles. The van der Waals surface area contributed by atoms with E-state index in [1.165, 1.54) is 6.08 Å². The van der Waals surface area contributed by atoms with E-state index in [1.54, 1.807) is 0 Å². The average Bonchev–Trinajstić information content (AvgIpc) is 3.13. The van der Waals surface area contributed by atoms with Crippen molar-refractivity contribution in [1.29, 1.82) is 0 Å². The molecule has 2 saturated heterocycles. The van der Waals surface area contributed by atoms with Crippen molar-refractivity contribution in [2.75, 3.05) is 19.8 Å². The minimum atomic E-state index is -1.61. The van der Waals surface area contributed by atoms with Crippen LogP contribution in [0.2, 0.25) is 0 Å². The van der Waals surface area contributed by atoms with Crippen LogP contribution in [0.4, 0.5) is 0 Å². The third-order valence-corrected chi connectivity index (χ3v) is 8.10. The average molecular weight is 756 g/mol. The van der Waals surface area contributed by atoms with Crippen molar-refractivity contribution < 1.29 is 66.5 Å². The highest BCUT2D eigenvalue weighted by Crippen LogP contribution is 2.36. The monoisotopic (exact) mass is 755 g/mol. The van der Waals surface area contributed by atoms with Gasteiger partial charge in [-0.25, -0.2) is 0 Å². The van der Waals surface area contributed by atoms with Crippen LogP contribution in [0.5, 0.6) is 0 Å². The maximum Gasteiger partial charge on any atom is 0.303 e. The molecule has 0 saturated carbocycles. The van der Waals surface area contributed by atoms with Gasteiger partial charge in [0.15, 0.2) is 30.9 Å². The minimum Gasteiger partial charge on any atom is -0.463 e. The molecule has 0 unspecified atom stereocenters. The van der Waals surface area contributed by atoms with Crippen molar-refractivity contribution >= 4 is 23.9 Å². The number of ether oxygens (including phenoxy) is 10. The third-order valence-electron chi connectivity index (χ3n) is 8.10. The number of hydrogen-bond acceptors (Lipinski definition) is 15. The van der Waals surface area contributed by atoms with Gasteiger partial charge in [0.05, 0.1) is 26.4 Å². The van der Waals surface area contributed by atoms with Crippen LogP contribution in [0, 0.1) is 0 Å². The quantitative estimate of drug-likeness (QED) is 0.0529. The molecule has 4 rings (SSSR count). The summed E-state index contributed by atoms with van der Waals surface area (Å²) in [4.78, 5) is 52.2. The Hall–Kier alpha value is -4.87. The summed E-state index contributed by atoms with van der Waals surface area (Å²) >= 11 is 0. The summed E-state index contributed by atoms with van der Waals surface area (Å²) in [5.74, 6) is -3.11. The Morgan fingerprint density at radius 1 is 0.704 bits per heavy atom. The molecule has 10 atom stereocenters. The van der Waals surface area contributed by atoms with Crippen LogP contribution < -0.4 is 0 Å². The molecule has 0 amide bonds. The second kappa shape index (κ2) is 21.1. The van der Waals surface area contributed by atoms with Gasteiger partial charge in [-0.3, -0.25) is 19.2 Å². The fraction of sp³-hybridized carbons (Fsp3) is 0.514. The molecule has 2 aromatic rings. The van der Waals surface area contributed by atoms with E-state index in [0.29, 0.717) is 0 Å². The largest absolute Gasteiger partial charge is 0.463 e. The molecule has 0 aliphatic carbocycles. The third kappa shape index (κ3) is 12.3. The van der Waals surface area contributed by atoms with Gasteiger partial charge in [0, 0.05) is 32.6 Å². The Morgan fingerprint density at radius 2 is 1.26 bits per heavy atom. The molecule has 0 radical (unpaired) electrons. The first-order valence-corrected chi connectivity index (χ1v) is 17.2. The van der Waals surface area contributed by atoms with Crippen LogP contribution in [0.25, 0.3) is 10.4 Å². The van der Waals surface area contributed by atoms with Crippen molar-refractivity contribution in [3.8, 4) is 0 Å². The fourth-order valence-corrected chi connectivity index (χ4v) is 5.95. The van der Waals surface area contributed by atoms with Crippen LogP contribution in [0.15, 0.2) is 78.4 Å². The highest BCUT2D eigenvalue weighted by atomic mass is 16.8. The van der Waals surface area contributed by atoms with Crippen LogP contribution in [-0.4, -0.2) is 105 Å². The topological polar surface area (TPSA) is 209 Å². The zero-order valence-electron chi connectivity index (χ0n) is 30.4. The molecule has 0 spiro atoms. The van der Waals surface area contributed by atoms with Crippen molar-refractivity contribution in [1.82, 2.24) is 0 Å². The van der Waals surface area contributed by atoms with Crippen molar-refractivity contribution in [2.45, 2.75) is 102 Å². The van der Waals surface area contributed by atoms with Gasteiger partial charge < -0.3 is 47.4 Å². The Bertz CT molecular complexity index is 1590. The number of azide groups is 1. The summed E-state index contributed by atoms with van der Waals surface area (Å²) in [6, 6.07) is 17.4. The predicted octanol–water partition coefficient (Wildman–Crippen LogP) is 3.86. The van der Waals surface area contributed by atoms with E-state index >= 15 is 0 Å². The van der Waals surface area contributed by atoms with Crippen LogP contribution >= 0.6 is 0 Å². The van der Waals surface area contributed by atoms with Gasteiger partial charge in [0.1, 0.15) is 37.1 Å². The molecule has 54 heavy (non-hydrogen) atoms. The molecule has 0 aromatic heterocycles. The first-order chi connectivity index (χ1) is 26.0. The molecule has 2 aromatic carbocycles. The molecule has 2 fully saturated rings. The maximum absolute atomic E-state index is 12.6. The summed E-state index contributed by atoms with van der Waals surface area (Å²) in [6.07, 6.45) is -10.5. The van der Waals surface area contributed by atoms with E-state index in [9.17, 15) is 24.7 Å². The van der Waals surface area contributed by atoms with Crippen molar-refractivity contribution in [3.05, 3.63) is 94.9 Å². The van der Waals surface area contributed by atoms with E-state index in [1.807, 2.05) is 60.7 Å². The van der Waals surface area contributed by atoms with Crippen molar-refractivity contribution in [3.63, 3.8) is 0 Å². The van der Waals surface area contributed by atoms with E-state index in [2.05, 4.69) is 16.6 Å². The Labute approximate surface area is 312 Å². The summed E-state index contributed by atoms with van der Waals surface area (Å²) in [7, 11) is 0. The second-order valence-electron chi connectivity index (χ2n) is 12.3. The molecule has 17 heteroatoms. The number of carbonyl (C=O) groups excluding carboxylic acids is 4. The van der Waals surface area contributed by atoms with E-state index in [-0.39, 0.29) is 26.4 Å². The minimum absolute atomic E-state index is 0.0210. The van der Waals surface area contributed by atoms with Gasteiger partial charge in [0.2, 0.25) is 0 Å². The standard InChI is InChI=1S/C37H45N3O14/c1-6-17-46-36-30(39-40-38)33(48-19-27-15-11-8-12-16-27)31(28(52-36)20-45-18-26-13-9-7-10-14-26)54-37-35(51-25(5)44)34(50-24(4)43)32(49-23(3)42)29(53-37)21-47-22(2)41/h6-16,28-37H,1,17-21H2,2-5H3/t28-,29-,30-,31-,32-,33-,34+,35-,36+,37+/m1/s1. The van der Waals surface area contributed by atoms with Crippen molar-refractivity contribution in [2.24, 2.45) is 5.11 Å². The lowest BCUT2D eigenvalue weighted by Gasteiger charge is -2.48. The maximum atomic E-state index is 12.6. The highest BCUT2D eigenvalue weighted by Gasteiger charge is 2.56. The number of nitrogens with zero attached hydrogens (tertiary/aromatic N) is 3. The van der Waals surface area contributed by atoms with E-state index in [4.69, 9.17) is 47.4 Å². The highest BCUT2D eigenvalue weighted by molar-refractivity contribution is 5.68.